The maximum Gasteiger partial charge on any atom is 0.217 e. The van der Waals surface area contributed by atoms with Crippen LogP contribution >= 0.6 is 11.8 Å². The molecule has 0 unspecified atom stereocenters. The molecule has 1 amide bonds. The maximum absolute atomic E-state index is 12.3. The van der Waals surface area contributed by atoms with Gasteiger partial charge in [0.1, 0.15) is 0 Å². The number of ketones is 1. The fourth-order valence-corrected chi connectivity index (χ4v) is 2.14. The van der Waals surface area contributed by atoms with E-state index in [0.29, 0.717) is 12.2 Å². The van der Waals surface area contributed by atoms with Crippen LogP contribution < -0.4 is 5.32 Å². The Morgan fingerprint density at radius 1 is 1.37 bits per heavy atom. The van der Waals surface area contributed by atoms with Gasteiger partial charge in [0.15, 0.2) is 17.3 Å². The molecule has 0 aliphatic rings. The van der Waals surface area contributed by atoms with Crippen molar-refractivity contribution < 1.29 is 19.8 Å². The van der Waals surface area contributed by atoms with Crippen molar-refractivity contribution in [2.24, 2.45) is 0 Å². The van der Waals surface area contributed by atoms with E-state index in [1.807, 2.05) is 6.26 Å². The van der Waals surface area contributed by atoms with E-state index in [1.165, 1.54) is 25.1 Å². The molecule has 19 heavy (non-hydrogen) atoms. The second-order valence-corrected chi connectivity index (χ2v) is 5.06. The zero-order valence-corrected chi connectivity index (χ0v) is 11.7. The largest absolute Gasteiger partial charge is 0.504 e. The first kappa shape index (κ1) is 15.4. The molecule has 0 aliphatic carbocycles. The van der Waals surface area contributed by atoms with Crippen LogP contribution in [0.5, 0.6) is 11.5 Å². The van der Waals surface area contributed by atoms with E-state index in [0.717, 1.165) is 0 Å². The van der Waals surface area contributed by atoms with Crippen molar-refractivity contribution in [3.8, 4) is 11.5 Å². The number of para-hydroxylation sites is 1. The van der Waals surface area contributed by atoms with E-state index in [4.69, 9.17) is 0 Å². The SMILES string of the molecule is CSCC[C@H](NC(C)=O)C(=O)c1cccc(O)c1O. The standard InChI is InChI=1S/C13H17NO4S/c1-8(15)14-10(6-7-19-2)12(17)9-4-3-5-11(16)13(9)18/h3-5,10,16,18H,6-7H2,1-2H3,(H,14,15)/t10-/m0/s1. The number of carbonyl (C=O) groups is 2. The predicted molar refractivity (Wildman–Crippen MR) is 74.7 cm³/mol. The van der Waals surface area contributed by atoms with E-state index in [2.05, 4.69) is 5.32 Å². The first-order valence-corrected chi connectivity index (χ1v) is 7.18. The topological polar surface area (TPSA) is 86.6 Å². The Morgan fingerprint density at radius 3 is 2.63 bits per heavy atom. The molecule has 0 spiro atoms. The highest BCUT2D eigenvalue weighted by molar-refractivity contribution is 7.98. The molecule has 1 aromatic rings. The molecule has 0 heterocycles. The average Bonchev–Trinajstić information content (AvgIpc) is 2.36. The molecule has 0 aliphatic heterocycles. The Kier molecular flexibility index (Phi) is 5.69. The van der Waals surface area contributed by atoms with Crippen molar-refractivity contribution in [2.75, 3.05) is 12.0 Å². The van der Waals surface area contributed by atoms with Gasteiger partial charge in [-0.15, -0.1) is 0 Å². The van der Waals surface area contributed by atoms with Crippen LogP contribution in [0.3, 0.4) is 0 Å². The molecule has 1 rings (SSSR count). The van der Waals surface area contributed by atoms with Crippen LogP contribution in [0.2, 0.25) is 0 Å². The number of carbonyl (C=O) groups excluding carboxylic acids is 2. The summed E-state index contributed by atoms with van der Waals surface area (Å²) in [4.78, 5) is 23.4. The van der Waals surface area contributed by atoms with Gasteiger partial charge in [-0.25, -0.2) is 0 Å². The van der Waals surface area contributed by atoms with Crippen LogP contribution in [0.15, 0.2) is 18.2 Å². The Labute approximate surface area is 116 Å². The number of aromatic hydroxyl groups is 2. The van der Waals surface area contributed by atoms with E-state index in [1.54, 1.807) is 11.8 Å². The van der Waals surface area contributed by atoms with Crippen molar-refractivity contribution in [1.82, 2.24) is 5.32 Å². The van der Waals surface area contributed by atoms with Crippen LogP contribution in [0.25, 0.3) is 0 Å². The first-order valence-electron chi connectivity index (χ1n) is 5.78. The lowest BCUT2D eigenvalue weighted by Crippen LogP contribution is -2.40. The van der Waals surface area contributed by atoms with Crippen LogP contribution in [0.4, 0.5) is 0 Å². The highest BCUT2D eigenvalue weighted by atomic mass is 32.2. The van der Waals surface area contributed by atoms with Gasteiger partial charge in [-0.2, -0.15) is 11.8 Å². The molecule has 1 aromatic carbocycles. The molecular formula is C13H17NO4S. The second-order valence-electron chi connectivity index (χ2n) is 4.07. The minimum atomic E-state index is -0.697. The molecule has 0 saturated carbocycles. The molecule has 0 saturated heterocycles. The summed E-state index contributed by atoms with van der Waals surface area (Å²) in [6, 6.07) is 3.49. The fourth-order valence-electron chi connectivity index (χ4n) is 1.67. The molecule has 1 atom stereocenters. The normalized spacial score (nSPS) is 11.9. The number of Topliss-reactive ketones (excluding diaryl/α,β-unsaturated/α-hetero) is 1. The van der Waals surface area contributed by atoms with Crippen LogP contribution in [-0.2, 0) is 4.79 Å². The summed E-state index contributed by atoms with van der Waals surface area (Å²) in [6.45, 7) is 1.34. The Balaban J connectivity index is 2.97. The lowest BCUT2D eigenvalue weighted by Gasteiger charge is -2.17. The van der Waals surface area contributed by atoms with Crippen molar-refractivity contribution in [2.45, 2.75) is 19.4 Å². The molecular weight excluding hydrogens is 266 g/mol. The first-order chi connectivity index (χ1) is 8.97. The molecule has 5 nitrogen and oxygen atoms in total. The number of hydrogen-bond donors (Lipinski definition) is 3. The van der Waals surface area contributed by atoms with Crippen molar-refractivity contribution in [3.63, 3.8) is 0 Å². The summed E-state index contributed by atoms with van der Waals surface area (Å²) < 4.78 is 0. The molecule has 0 radical (unpaired) electrons. The number of rotatable bonds is 6. The minimum absolute atomic E-state index is 0.0138. The van der Waals surface area contributed by atoms with Gasteiger partial charge in [-0.05, 0) is 30.6 Å². The van der Waals surface area contributed by atoms with Crippen molar-refractivity contribution >= 4 is 23.5 Å². The van der Waals surface area contributed by atoms with Crippen molar-refractivity contribution in [3.05, 3.63) is 23.8 Å². The monoisotopic (exact) mass is 283 g/mol. The zero-order valence-electron chi connectivity index (χ0n) is 10.8. The number of nitrogens with one attached hydrogen (secondary N) is 1. The fraction of sp³-hybridized carbons (Fsp3) is 0.385. The number of phenolic OH excluding ortho intramolecular Hbond substituents is 2. The zero-order chi connectivity index (χ0) is 14.4. The lowest BCUT2D eigenvalue weighted by atomic mass is 10.0. The van der Waals surface area contributed by atoms with Gasteiger partial charge >= 0.3 is 0 Å². The number of benzene rings is 1. The minimum Gasteiger partial charge on any atom is -0.504 e. The summed E-state index contributed by atoms with van der Waals surface area (Å²) in [5.41, 5.74) is 0.0138. The highest BCUT2D eigenvalue weighted by Crippen LogP contribution is 2.29. The Bertz CT molecular complexity index is 476. The number of hydrogen-bond acceptors (Lipinski definition) is 5. The van der Waals surface area contributed by atoms with Gasteiger partial charge in [0.05, 0.1) is 11.6 Å². The van der Waals surface area contributed by atoms with Crippen LogP contribution in [0.1, 0.15) is 23.7 Å². The van der Waals surface area contributed by atoms with E-state index >= 15 is 0 Å². The number of thioether (sulfide) groups is 1. The molecule has 0 aromatic heterocycles. The molecule has 0 bridgehead atoms. The second kappa shape index (κ2) is 7.04. The third-order valence-corrected chi connectivity index (χ3v) is 3.23. The van der Waals surface area contributed by atoms with Crippen LogP contribution in [-0.4, -0.2) is 40.0 Å². The van der Waals surface area contributed by atoms with Gasteiger partial charge in [-0.1, -0.05) is 6.07 Å². The Morgan fingerprint density at radius 2 is 2.05 bits per heavy atom. The summed E-state index contributed by atoms with van der Waals surface area (Å²) in [7, 11) is 0. The quantitative estimate of drug-likeness (QED) is 0.544. The van der Waals surface area contributed by atoms with Gasteiger partial charge < -0.3 is 15.5 Å². The van der Waals surface area contributed by atoms with Gasteiger partial charge in [0.25, 0.3) is 0 Å². The number of phenols is 2. The highest BCUT2D eigenvalue weighted by Gasteiger charge is 2.24. The Hall–Kier alpha value is -1.69. The van der Waals surface area contributed by atoms with Crippen LogP contribution in [0, 0.1) is 0 Å². The van der Waals surface area contributed by atoms with Gasteiger partial charge in [-0.3, -0.25) is 9.59 Å². The molecule has 104 valence electrons. The number of amides is 1. The maximum atomic E-state index is 12.3. The lowest BCUT2D eigenvalue weighted by molar-refractivity contribution is -0.119. The third-order valence-electron chi connectivity index (χ3n) is 2.58. The van der Waals surface area contributed by atoms with E-state index in [9.17, 15) is 19.8 Å². The van der Waals surface area contributed by atoms with E-state index in [-0.39, 0.29) is 17.2 Å². The molecule has 6 heteroatoms. The summed E-state index contributed by atoms with van der Waals surface area (Å²) in [5, 5.41) is 21.6. The summed E-state index contributed by atoms with van der Waals surface area (Å²) in [5.74, 6) is -0.808. The van der Waals surface area contributed by atoms with Gasteiger partial charge in [0.2, 0.25) is 5.91 Å². The summed E-state index contributed by atoms with van der Waals surface area (Å²) in [6.07, 6.45) is 2.37. The molecule has 3 N–H and O–H groups in total. The predicted octanol–water partition coefficient (Wildman–Crippen LogP) is 1.54. The third kappa shape index (κ3) is 4.17. The smallest absolute Gasteiger partial charge is 0.217 e. The van der Waals surface area contributed by atoms with Gasteiger partial charge in [0, 0.05) is 6.92 Å². The summed E-state index contributed by atoms with van der Waals surface area (Å²) >= 11 is 1.56. The molecule has 0 fully saturated rings. The van der Waals surface area contributed by atoms with Crippen molar-refractivity contribution in [1.29, 1.82) is 0 Å². The van der Waals surface area contributed by atoms with E-state index < -0.39 is 17.6 Å². The average molecular weight is 283 g/mol.